The van der Waals surface area contributed by atoms with E-state index in [2.05, 4.69) is 15.3 Å². The fraction of sp³-hybridized carbons (Fsp3) is 0.320. The number of nitrogens with zero attached hydrogens (tertiary/aromatic N) is 4. The molecule has 36 heavy (non-hydrogen) atoms. The second-order valence-corrected chi connectivity index (χ2v) is 10.2. The fourth-order valence-electron chi connectivity index (χ4n) is 3.91. The van der Waals surface area contributed by atoms with Gasteiger partial charge in [0.15, 0.2) is 6.10 Å². The molecule has 11 heteroatoms. The number of azide groups is 1. The van der Waals surface area contributed by atoms with Gasteiger partial charge >= 0.3 is 12.1 Å². The molecule has 1 fully saturated rings. The Labute approximate surface area is 212 Å². The van der Waals surface area contributed by atoms with Crippen molar-refractivity contribution in [2.45, 2.75) is 43.9 Å². The third-order valence-electron chi connectivity index (χ3n) is 5.41. The highest BCUT2D eigenvalue weighted by Gasteiger charge is 2.55. The minimum atomic E-state index is -0.890. The monoisotopic (exact) mass is 507 g/mol. The van der Waals surface area contributed by atoms with Crippen molar-refractivity contribution in [1.82, 2.24) is 10.2 Å². The van der Waals surface area contributed by atoms with Crippen LogP contribution in [0.4, 0.5) is 4.79 Å². The van der Waals surface area contributed by atoms with Crippen LogP contribution in [0.3, 0.4) is 0 Å². The van der Waals surface area contributed by atoms with Crippen LogP contribution in [0.5, 0.6) is 0 Å². The van der Waals surface area contributed by atoms with Crippen molar-refractivity contribution in [3.8, 4) is 0 Å². The quantitative estimate of drug-likeness (QED) is 0.199. The molecule has 0 bridgehead atoms. The largest absolute Gasteiger partial charge is 0.448 e. The Morgan fingerprint density at radius 2 is 1.69 bits per heavy atom. The van der Waals surface area contributed by atoms with Crippen LogP contribution >= 0.6 is 11.8 Å². The van der Waals surface area contributed by atoms with E-state index in [9.17, 15) is 14.4 Å². The predicted octanol–water partition coefficient (Wildman–Crippen LogP) is 4.65. The Morgan fingerprint density at radius 1 is 1.11 bits per heavy atom. The van der Waals surface area contributed by atoms with E-state index in [1.54, 1.807) is 20.8 Å². The van der Waals surface area contributed by atoms with Crippen LogP contribution in [0.1, 0.15) is 38.0 Å². The van der Waals surface area contributed by atoms with Crippen molar-refractivity contribution in [2.75, 3.05) is 5.75 Å². The number of rotatable bonds is 6. The number of fused-ring (bicyclic) bond motifs is 1. The lowest BCUT2D eigenvalue weighted by atomic mass is 10.0. The lowest BCUT2D eigenvalue weighted by Gasteiger charge is -2.49. The fourth-order valence-corrected chi connectivity index (χ4v) is 5.16. The Morgan fingerprint density at radius 3 is 2.22 bits per heavy atom. The van der Waals surface area contributed by atoms with Gasteiger partial charge < -0.3 is 14.8 Å². The molecule has 1 N–H and O–H groups in total. The maximum absolute atomic E-state index is 13.5. The third-order valence-corrected chi connectivity index (χ3v) is 6.67. The Hall–Kier alpha value is -3.95. The molecule has 0 spiro atoms. The number of carbonyl (C=O) groups excluding carboxylic acids is 3. The van der Waals surface area contributed by atoms with Gasteiger partial charge in [-0.15, -0.1) is 11.8 Å². The summed E-state index contributed by atoms with van der Waals surface area (Å²) >= 11 is 1.27. The summed E-state index contributed by atoms with van der Waals surface area (Å²) in [5, 5.41) is 5.66. The van der Waals surface area contributed by atoms with E-state index in [0.29, 0.717) is 0 Å². The second-order valence-electron chi connectivity index (χ2n) is 9.13. The first-order valence-corrected chi connectivity index (χ1v) is 12.3. The number of esters is 1. The number of alkyl carbamates (subject to hydrolysis) is 1. The van der Waals surface area contributed by atoms with Gasteiger partial charge in [0.1, 0.15) is 22.7 Å². The summed E-state index contributed by atoms with van der Waals surface area (Å²) < 4.78 is 11.2. The second kappa shape index (κ2) is 10.3. The number of carbonyl (C=O) groups is 3. The maximum atomic E-state index is 13.5. The standard InChI is InChI=1S/C25H25N5O5S/c1-25(2,3)35-24(33)27-18-21(31)30-19(17(28-29-26)14-36-22(18)30)23(32)34-20(15-10-6-4-7-11-15)16-12-8-5-9-13-16/h4-13,18,20,22H,14H2,1-3H3,(H,27,33)/t18?,22-/m0/s1. The highest BCUT2D eigenvalue weighted by molar-refractivity contribution is 8.00. The molecule has 2 aliphatic rings. The number of thioether (sulfide) groups is 1. The Bertz CT molecular complexity index is 1200. The molecule has 2 aromatic rings. The Balaban J connectivity index is 1.61. The summed E-state index contributed by atoms with van der Waals surface area (Å²) in [5.74, 6) is -1.16. The van der Waals surface area contributed by atoms with E-state index in [-0.39, 0.29) is 17.1 Å². The van der Waals surface area contributed by atoms with Crippen molar-refractivity contribution < 1.29 is 23.9 Å². The van der Waals surface area contributed by atoms with Crippen LogP contribution in [0, 0.1) is 0 Å². The number of amides is 2. The Kier molecular flexibility index (Phi) is 7.23. The molecule has 0 aromatic heterocycles. The number of benzene rings is 2. The minimum Gasteiger partial charge on any atom is -0.448 e. The molecule has 186 valence electrons. The molecule has 2 atom stereocenters. The molecular formula is C25H25N5O5S. The number of β-lactam (4-membered cyclic amide) rings is 1. The van der Waals surface area contributed by atoms with Gasteiger partial charge in [-0.2, -0.15) is 0 Å². The van der Waals surface area contributed by atoms with Crippen LogP contribution in [-0.4, -0.2) is 45.6 Å². The lowest BCUT2D eigenvalue weighted by Crippen LogP contribution is -2.70. The lowest BCUT2D eigenvalue weighted by molar-refractivity contribution is -0.153. The summed E-state index contributed by atoms with van der Waals surface area (Å²) in [6.45, 7) is 5.15. The molecule has 0 radical (unpaired) electrons. The first-order valence-electron chi connectivity index (χ1n) is 11.2. The molecule has 2 aliphatic heterocycles. The van der Waals surface area contributed by atoms with Gasteiger partial charge in [-0.25, -0.2) is 9.59 Å². The topological polar surface area (TPSA) is 134 Å². The van der Waals surface area contributed by atoms with Crippen molar-refractivity contribution in [3.63, 3.8) is 0 Å². The van der Waals surface area contributed by atoms with Crippen LogP contribution in [0.2, 0.25) is 0 Å². The molecule has 1 unspecified atom stereocenters. The third kappa shape index (κ3) is 5.32. The summed E-state index contributed by atoms with van der Waals surface area (Å²) in [6, 6.07) is 17.5. The molecule has 2 heterocycles. The predicted molar refractivity (Wildman–Crippen MR) is 133 cm³/mol. The van der Waals surface area contributed by atoms with Crippen molar-refractivity contribution in [3.05, 3.63) is 93.6 Å². The van der Waals surface area contributed by atoms with Gasteiger partial charge in [0.2, 0.25) is 0 Å². The number of nitrogens with one attached hydrogen (secondary N) is 1. The van der Waals surface area contributed by atoms with Crippen molar-refractivity contribution in [1.29, 1.82) is 0 Å². The zero-order chi connectivity index (χ0) is 25.9. The number of hydrogen-bond acceptors (Lipinski definition) is 7. The SMILES string of the molecule is CC(C)(C)OC(=O)NC1C(=O)N2C(C(=O)OC(c3ccccc3)c3ccccc3)=C(N=[N+]=[N-])CS[C@@H]12. The first-order chi connectivity index (χ1) is 17.2. The normalized spacial score (nSPS) is 19.1. The van der Waals surface area contributed by atoms with E-state index < -0.39 is 41.1 Å². The van der Waals surface area contributed by atoms with E-state index >= 15 is 0 Å². The average molecular weight is 508 g/mol. The zero-order valence-electron chi connectivity index (χ0n) is 20.0. The first kappa shape index (κ1) is 25.2. The van der Waals surface area contributed by atoms with Gasteiger partial charge in [-0.05, 0) is 37.4 Å². The van der Waals surface area contributed by atoms with Gasteiger partial charge in [0, 0.05) is 10.7 Å². The maximum Gasteiger partial charge on any atom is 0.408 e. The van der Waals surface area contributed by atoms with Gasteiger partial charge in [0.25, 0.3) is 5.91 Å². The summed E-state index contributed by atoms with van der Waals surface area (Å²) in [4.78, 5) is 42.8. The van der Waals surface area contributed by atoms with E-state index in [0.717, 1.165) is 11.1 Å². The molecule has 1 saturated heterocycles. The smallest absolute Gasteiger partial charge is 0.408 e. The summed E-state index contributed by atoms with van der Waals surface area (Å²) in [7, 11) is 0. The molecule has 0 saturated carbocycles. The van der Waals surface area contributed by atoms with E-state index in [1.807, 2.05) is 60.7 Å². The number of hydrogen-bond donors (Lipinski definition) is 1. The minimum absolute atomic E-state index is 0.0905. The number of ether oxygens (including phenoxy) is 2. The highest BCUT2D eigenvalue weighted by Crippen LogP contribution is 2.42. The molecule has 10 nitrogen and oxygen atoms in total. The van der Waals surface area contributed by atoms with E-state index in [1.165, 1.54) is 16.7 Å². The van der Waals surface area contributed by atoms with Gasteiger partial charge in [-0.3, -0.25) is 9.69 Å². The van der Waals surface area contributed by atoms with Crippen LogP contribution in [0.15, 0.2) is 77.2 Å². The average Bonchev–Trinajstić information content (AvgIpc) is 2.85. The van der Waals surface area contributed by atoms with Gasteiger partial charge in [-0.1, -0.05) is 65.8 Å². The van der Waals surface area contributed by atoms with Crippen LogP contribution in [0.25, 0.3) is 10.4 Å². The zero-order valence-corrected chi connectivity index (χ0v) is 20.8. The van der Waals surface area contributed by atoms with Crippen molar-refractivity contribution in [2.24, 2.45) is 5.11 Å². The van der Waals surface area contributed by atoms with Crippen molar-refractivity contribution >= 4 is 29.7 Å². The molecule has 2 amide bonds. The van der Waals surface area contributed by atoms with Crippen LogP contribution < -0.4 is 5.32 Å². The molecule has 2 aromatic carbocycles. The summed E-state index contributed by atoms with van der Waals surface area (Å²) in [5.41, 5.74) is 9.77. The molecular weight excluding hydrogens is 482 g/mol. The molecule has 4 rings (SSSR count). The summed E-state index contributed by atoms with van der Waals surface area (Å²) in [6.07, 6.45) is -1.48. The highest BCUT2D eigenvalue weighted by atomic mass is 32.2. The van der Waals surface area contributed by atoms with Gasteiger partial charge in [0.05, 0.1) is 5.70 Å². The van der Waals surface area contributed by atoms with Crippen LogP contribution in [-0.2, 0) is 19.1 Å². The molecule has 0 aliphatic carbocycles. The van der Waals surface area contributed by atoms with E-state index in [4.69, 9.17) is 15.0 Å².